The second kappa shape index (κ2) is 7.20. The van der Waals surface area contributed by atoms with Crippen LogP contribution in [-0.2, 0) is 0 Å². The van der Waals surface area contributed by atoms with Crippen molar-refractivity contribution in [3.63, 3.8) is 0 Å². The summed E-state index contributed by atoms with van der Waals surface area (Å²) in [5, 5.41) is 12.5. The van der Waals surface area contributed by atoms with E-state index in [0.29, 0.717) is 39.8 Å². The van der Waals surface area contributed by atoms with Crippen molar-refractivity contribution in [3.05, 3.63) is 71.6 Å². The van der Waals surface area contributed by atoms with Gasteiger partial charge in [-0.3, -0.25) is 4.40 Å². The highest BCUT2D eigenvalue weighted by Crippen LogP contribution is 2.28. The molecular formula is C21H15F2N5O. The number of pyridine rings is 2. The van der Waals surface area contributed by atoms with Gasteiger partial charge < -0.3 is 10.1 Å². The number of halogens is 2. The molecule has 0 aliphatic rings. The molecule has 0 fully saturated rings. The summed E-state index contributed by atoms with van der Waals surface area (Å²) < 4.78 is 34.0. The fourth-order valence-electron chi connectivity index (χ4n) is 3.11. The molecule has 0 atom stereocenters. The zero-order chi connectivity index (χ0) is 20.5. The standard InChI is InChI=1S/C21H15F2N5O/c1-12-21(28-11-14(22)3-6-20(28)25-12)17-7-13(10-24)8-19(27-17)26-15-4-5-16(23)18(9-15)29-2/h3-9,11H,1-2H3,(H,26,27). The maximum atomic E-state index is 13.8. The fourth-order valence-corrected chi connectivity index (χ4v) is 3.11. The van der Waals surface area contributed by atoms with Crippen LogP contribution in [0.3, 0.4) is 0 Å². The summed E-state index contributed by atoms with van der Waals surface area (Å²) in [5.74, 6) is -0.441. The summed E-state index contributed by atoms with van der Waals surface area (Å²) in [6.45, 7) is 1.79. The van der Waals surface area contributed by atoms with Crippen molar-refractivity contribution in [2.24, 2.45) is 0 Å². The number of hydrogen-bond donors (Lipinski definition) is 1. The summed E-state index contributed by atoms with van der Waals surface area (Å²) >= 11 is 0. The highest BCUT2D eigenvalue weighted by atomic mass is 19.1. The van der Waals surface area contributed by atoms with Gasteiger partial charge in [-0.05, 0) is 43.3 Å². The normalized spacial score (nSPS) is 10.7. The molecule has 4 rings (SSSR count). The van der Waals surface area contributed by atoms with E-state index in [9.17, 15) is 14.0 Å². The third kappa shape index (κ3) is 3.46. The van der Waals surface area contributed by atoms with Gasteiger partial charge in [0.1, 0.15) is 17.3 Å². The molecule has 0 amide bonds. The summed E-state index contributed by atoms with van der Waals surface area (Å²) in [7, 11) is 1.38. The van der Waals surface area contributed by atoms with Crippen LogP contribution in [0.15, 0.2) is 48.7 Å². The lowest BCUT2D eigenvalue weighted by Gasteiger charge is -2.11. The molecular weight excluding hydrogens is 376 g/mol. The Morgan fingerprint density at radius 1 is 1.10 bits per heavy atom. The lowest BCUT2D eigenvalue weighted by Crippen LogP contribution is -2.00. The molecule has 144 valence electrons. The number of fused-ring (bicyclic) bond motifs is 1. The highest BCUT2D eigenvalue weighted by Gasteiger charge is 2.15. The quantitative estimate of drug-likeness (QED) is 0.550. The molecule has 0 radical (unpaired) electrons. The topological polar surface area (TPSA) is 75.2 Å². The SMILES string of the molecule is COc1cc(Nc2cc(C#N)cc(-c3c(C)nc4ccc(F)cn34)n2)ccc1F. The summed E-state index contributed by atoms with van der Waals surface area (Å²) in [6, 6.07) is 12.5. The molecule has 8 heteroatoms. The minimum Gasteiger partial charge on any atom is -0.494 e. The number of aromatic nitrogens is 3. The number of rotatable bonds is 4. The van der Waals surface area contributed by atoms with Crippen LogP contribution in [-0.4, -0.2) is 21.5 Å². The molecule has 0 saturated carbocycles. The Hall–Kier alpha value is -3.99. The Bertz CT molecular complexity index is 1280. The first-order valence-corrected chi connectivity index (χ1v) is 8.66. The zero-order valence-electron chi connectivity index (χ0n) is 15.6. The van der Waals surface area contributed by atoms with Crippen LogP contribution < -0.4 is 10.1 Å². The van der Waals surface area contributed by atoms with E-state index >= 15 is 0 Å². The van der Waals surface area contributed by atoms with E-state index in [1.807, 2.05) is 0 Å². The molecule has 3 aromatic heterocycles. The van der Waals surface area contributed by atoms with Gasteiger partial charge in [0.15, 0.2) is 11.6 Å². The van der Waals surface area contributed by atoms with Crippen molar-refractivity contribution in [1.29, 1.82) is 5.26 Å². The molecule has 0 saturated heterocycles. The maximum absolute atomic E-state index is 13.8. The monoisotopic (exact) mass is 391 g/mol. The van der Waals surface area contributed by atoms with Gasteiger partial charge in [-0.15, -0.1) is 0 Å². The van der Waals surface area contributed by atoms with Crippen LogP contribution in [0.25, 0.3) is 17.0 Å². The number of aryl methyl sites for hydroxylation is 1. The largest absolute Gasteiger partial charge is 0.494 e. The summed E-state index contributed by atoms with van der Waals surface area (Å²) in [4.78, 5) is 8.98. The molecule has 29 heavy (non-hydrogen) atoms. The minimum absolute atomic E-state index is 0.0831. The van der Waals surface area contributed by atoms with Gasteiger partial charge in [-0.25, -0.2) is 18.7 Å². The van der Waals surface area contributed by atoms with Gasteiger partial charge in [0.25, 0.3) is 0 Å². The van der Waals surface area contributed by atoms with Crippen molar-refractivity contribution in [2.75, 3.05) is 12.4 Å². The molecule has 0 aliphatic heterocycles. The molecule has 6 nitrogen and oxygen atoms in total. The van der Waals surface area contributed by atoms with Gasteiger partial charge in [-0.1, -0.05) is 0 Å². The Morgan fingerprint density at radius 3 is 2.69 bits per heavy atom. The van der Waals surface area contributed by atoms with E-state index in [2.05, 4.69) is 21.4 Å². The average Bonchev–Trinajstić information content (AvgIpc) is 3.04. The first kappa shape index (κ1) is 18.4. The minimum atomic E-state index is -0.485. The van der Waals surface area contributed by atoms with Crippen molar-refractivity contribution in [3.8, 4) is 23.2 Å². The summed E-state index contributed by atoms with van der Waals surface area (Å²) in [6.07, 6.45) is 1.32. The van der Waals surface area contributed by atoms with E-state index in [1.54, 1.807) is 29.5 Å². The second-order valence-corrected chi connectivity index (χ2v) is 6.33. The number of hydrogen-bond acceptors (Lipinski definition) is 5. The molecule has 3 heterocycles. The summed E-state index contributed by atoms with van der Waals surface area (Å²) in [5.41, 5.74) is 3.15. The van der Waals surface area contributed by atoms with E-state index < -0.39 is 11.6 Å². The third-order valence-electron chi connectivity index (χ3n) is 4.38. The molecule has 0 aliphatic carbocycles. The van der Waals surface area contributed by atoms with E-state index in [-0.39, 0.29) is 5.75 Å². The Morgan fingerprint density at radius 2 is 1.93 bits per heavy atom. The molecule has 1 aromatic carbocycles. The Labute approximate surface area is 165 Å². The third-order valence-corrected chi connectivity index (χ3v) is 4.38. The van der Waals surface area contributed by atoms with E-state index in [0.717, 1.165) is 0 Å². The molecule has 1 N–H and O–H groups in total. The average molecular weight is 391 g/mol. The van der Waals surface area contributed by atoms with Gasteiger partial charge in [0.05, 0.1) is 35.8 Å². The van der Waals surface area contributed by atoms with Crippen LogP contribution in [0, 0.1) is 29.9 Å². The highest BCUT2D eigenvalue weighted by molar-refractivity contribution is 5.69. The number of anilines is 2. The fraction of sp³-hybridized carbons (Fsp3) is 0.0952. The Kier molecular flexibility index (Phi) is 4.56. The molecule has 4 aromatic rings. The van der Waals surface area contributed by atoms with Crippen LogP contribution in [0.4, 0.5) is 20.3 Å². The number of nitriles is 1. The van der Waals surface area contributed by atoms with E-state index in [1.165, 1.54) is 37.6 Å². The smallest absolute Gasteiger partial charge is 0.165 e. The number of imidazole rings is 1. The number of nitrogens with one attached hydrogen (secondary N) is 1. The van der Waals surface area contributed by atoms with Crippen LogP contribution in [0.1, 0.15) is 11.3 Å². The first-order valence-electron chi connectivity index (χ1n) is 8.66. The molecule has 0 spiro atoms. The number of nitrogens with zero attached hydrogens (tertiary/aromatic N) is 4. The van der Waals surface area contributed by atoms with Crippen molar-refractivity contribution >= 4 is 17.2 Å². The van der Waals surface area contributed by atoms with Crippen LogP contribution >= 0.6 is 0 Å². The van der Waals surface area contributed by atoms with E-state index in [4.69, 9.17) is 4.74 Å². The number of methoxy groups -OCH3 is 1. The van der Waals surface area contributed by atoms with Crippen molar-refractivity contribution in [2.45, 2.75) is 6.92 Å². The number of ether oxygens (including phenoxy) is 1. The first-order chi connectivity index (χ1) is 14.0. The Balaban J connectivity index is 1.82. The zero-order valence-corrected chi connectivity index (χ0v) is 15.6. The van der Waals surface area contributed by atoms with Crippen LogP contribution in [0.5, 0.6) is 5.75 Å². The van der Waals surface area contributed by atoms with Crippen LogP contribution in [0.2, 0.25) is 0 Å². The van der Waals surface area contributed by atoms with Gasteiger partial charge >= 0.3 is 0 Å². The predicted molar refractivity (Wildman–Crippen MR) is 104 cm³/mol. The van der Waals surface area contributed by atoms with Crippen molar-refractivity contribution in [1.82, 2.24) is 14.4 Å². The van der Waals surface area contributed by atoms with Gasteiger partial charge in [0.2, 0.25) is 0 Å². The predicted octanol–water partition coefficient (Wildman–Crippen LogP) is 4.61. The molecule has 0 unspecified atom stereocenters. The lowest BCUT2D eigenvalue weighted by molar-refractivity contribution is 0.387. The number of benzene rings is 1. The maximum Gasteiger partial charge on any atom is 0.165 e. The van der Waals surface area contributed by atoms with Gasteiger partial charge in [-0.2, -0.15) is 5.26 Å². The lowest BCUT2D eigenvalue weighted by atomic mass is 10.1. The second-order valence-electron chi connectivity index (χ2n) is 6.33. The van der Waals surface area contributed by atoms with Gasteiger partial charge in [0, 0.05) is 18.0 Å². The molecule has 0 bridgehead atoms. The van der Waals surface area contributed by atoms with Crippen molar-refractivity contribution < 1.29 is 13.5 Å².